The van der Waals surface area contributed by atoms with Gasteiger partial charge in [0.05, 0.1) is 19.0 Å². The average Bonchev–Trinajstić information content (AvgIpc) is 2.48. The van der Waals surface area contributed by atoms with Gasteiger partial charge in [-0.05, 0) is 42.3 Å². The van der Waals surface area contributed by atoms with Crippen molar-refractivity contribution in [3.05, 3.63) is 57.6 Å². The summed E-state index contributed by atoms with van der Waals surface area (Å²) in [4.78, 5) is 0.0463. The van der Waals surface area contributed by atoms with Gasteiger partial charge in [0.25, 0.3) is 0 Å². The van der Waals surface area contributed by atoms with E-state index in [9.17, 15) is 0 Å². The Morgan fingerprint density at radius 1 is 1.00 bits per heavy atom. The fourth-order valence-corrected chi connectivity index (χ4v) is 3.34. The maximum atomic E-state index is 5.46. The lowest BCUT2D eigenvalue weighted by Crippen LogP contribution is -2.00. The van der Waals surface area contributed by atoms with E-state index in [-0.39, 0.29) is 4.83 Å². The van der Waals surface area contributed by atoms with E-state index in [4.69, 9.17) is 9.47 Å². The summed E-state index contributed by atoms with van der Waals surface area (Å²) in [5.41, 5.74) is 3.46. The first kappa shape index (κ1) is 15.4. The van der Waals surface area contributed by atoms with E-state index in [0.717, 1.165) is 21.5 Å². The minimum Gasteiger partial charge on any atom is -0.497 e. The molecule has 0 aromatic heterocycles. The van der Waals surface area contributed by atoms with Crippen molar-refractivity contribution < 1.29 is 9.47 Å². The van der Waals surface area contributed by atoms with Gasteiger partial charge >= 0.3 is 0 Å². The monoisotopic (exact) mass is 398 g/mol. The maximum Gasteiger partial charge on any atom is 0.123 e. The summed E-state index contributed by atoms with van der Waals surface area (Å²) in [6.45, 7) is 2.10. The molecule has 1 unspecified atom stereocenters. The molecule has 0 amide bonds. The molecule has 20 heavy (non-hydrogen) atoms. The highest BCUT2D eigenvalue weighted by Crippen LogP contribution is 2.40. The number of hydrogen-bond donors (Lipinski definition) is 0. The van der Waals surface area contributed by atoms with Crippen LogP contribution in [0.4, 0.5) is 0 Å². The first-order valence-electron chi connectivity index (χ1n) is 6.19. The van der Waals surface area contributed by atoms with Crippen molar-refractivity contribution >= 4 is 31.9 Å². The Balaban J connectivity index is 2.51. The van der Waals surface area contributed by atoms with Gasteiger partial charge in [-0.15, -0.1) is 0 Å². The van der Waals surface area contributed by atoms with Crippen molar-refractivity contribution in [1.29, 1.82) is 0 Å². The molecule has 0 spiro atoms. The Labute approximate surface area is 136 Å². The Kier molecular flexibility index (Phi) is 5.11. The molecule has 2 aromatic carbocycles. The van der Waals surface area contributed by atoms with E-state index in [1.807, 2.05) is 30.3 Å². The predicted molar refractivity (Wildman–Crippen MR) is 89.2 cm³/mol. The van der Waals surface area contributed by atoms with Gasteiger partial charge in [-0.25, -0.2) is 0 Å². The highest BCUT2D eigenvalue weighted by atomic mass is 79.9. The zero-order chi connectivity index (χ0) is 14.7. The number of hydrogen-bond acceptors (Lipinski definition) is 2. The van der Waals surface area contributed by atoms with Crippen LogP contribution in [0.15, 0.2) is 40.9 Å². The molecule has 0 heterocycles. The van der Waals surface area contributed by atoms with Crippen LogP contribution in [0.2, 0.25) is 0 Å². The van der Waals surface area contributed by atoms with Crippen LogP contribution in [0.25, 0.3) is 0 Å². The molecule has 1 atom stereocenters. The average molecular weight is 400 g/mol. The van der Waals surface area contributed by atoms with Crippen LogP contribution in [-0.4, -0.2) is 14.2 Å². The van der Waals surface area contributed by atoms with Crippen molar-refractivity contribution in [1.82, 2.24) is 0 Å². The summed E-state index contributed by atoms with van der Waals surface area (Å²) in [5.74, 6) is 1.66. The van der Waals surface area contributed by atoms with E-state index in [2.05, 4.69) is 44.8 Å². The molecule has 0 radical (unpaired) electrons. The molecule has 0 aliphatic rings. The van der Waals surface area contributed by atoms with Crippen LogP contribution in [0.1, 0.15) is 21.5 Å². The molecular formula is C16H16Br2O2. The van der Waals surface area contributed by atoms with Crippen molar-refractivity contribution in [2.75, 3.05) is 14.2 Å². The minimum atomic E-state index is 0.0463. The number of halogens is 2. The second kappa shape index (κ2) is 6.64. The van der Waals surface area contributed by atoms with Crippen molar-refractivity contribution in [2.45, 2.75) is 11.8 Å². The molecule has 2 rings (SSSR count). The summed E-state index contributed by atoms with van der Waals surface area (Å²) < 4.78 is 11.9. The number of benzene rings is 2. The first-order chi connectivity index (χ1) is 9.58. The zero-order valence-corrected chi connectivity index (χ0v) is 14.8. The summed E-state index contributed by atoms with van der Waals surface area (Å²) in [5, 5.41) is 0. The lowest BCUT2D eigenvalue weighted by atomic mass is 9.99. The fraction of sp³-hybridized carbons (Fsp3) is 0.250. The number of rotatable bonds is 4. The van der Waals surface area contributed by atoms with Crippen LogP contribution in [0, 0.1) is 6.92 Å². The van der Waals surface area contributed by atoms with Crippen molar-refractivity contribution in [2.24, 2.45) is 0 Å². The lowest BCUT2D eigenvalue weighted by molar-refractivity contribution is 0.399. The topological polar surface area (TPSA) is 18.5 Å². The standard InChI is InChI=1S/C16H16Br2O2/c1-10-12(5-4-6-14(10)17)16(18)13-9-11(19-2)7-8-15(13)20-3/h4-9,16H,1-3H3. The summed E-state index contributed by atoms with van der Waals surface area (Å²) >= 11 is 7.35. The normalized spacial score (nSPS) is 12.1. The Hall–Kier alpha value is -1.00. The van der Waals surface area contributed by atoms with Gasteiger partial charge in [-0.3, -0.25) is 0 Å². The highest BCUT2D eigenvalue weighted by molar-refractivity contribution is 9.10. The van der Waals surface area contributed by atoms with Crippen molar-refractivity contribution in [3.63, 3.8) is 0 Å². The van der Waals surface area contributed by atoms with E-state index in [0.29, 0.717) is 0 Å². The molecule has 0 saturated carbocycles. The number of methoxy groups -OCH3 is 2. The summed E-state index contributed by atoms with van der Waals surface area (Å²) in [6.07, 6.45) is 0. The third-order valence-corrected chi connectivity index (χ3v) is 5.14. The van der Waals surface area contributed by atoms with Gasteiger partial charge in [0.1, 0.15) is 11.5 Å². The van der Waals surface area contributed by atoms with Gasteiger partial charge < -0.3 is 9.47 Å². The SMILES string of the molecule is COc1ccc(OC)c(C(Br)c2cccc(Br)c2C)c1. The molecule has 106 valence electrons. The summed E-state index contributed by atoms with van der Waals surface area (Å²) in [7, 11) is 3.35. The lowest BCUT2D eigenvalue weighted by Gasteiger charge is -2.18. The predicted octanol–water partition coefficient (Wildman–Crippen LogP) is 5.26. The molecule has 0 bridgehead atoms. The van der Waals surface area contributed by atoms with Crippen molar-refractivity contribution in [3.8, 4) is 11.5 Å². The fourth-order valence-electron chi connectivity index (χ4n) is 2.10. The second-order valence-corrected chi connectivity index (χ2v) is 6.19. The van der Waals surface area contributed by atoms with Gasteiger partial charge in [0.15, 0.2) is 0 Å². The van der Waals surface area contributed by atoms with Crippen LogP contribution in [0.5, 0.6) is 11.5 Å². The summed E-state index contributed by atoms with van der Waals surface area (Å²) in [6, 6.07) is 12.0. The van der Waals surface area contributed by atoms with Crippen LogP contribution < -0.4 is 9.47 Å². The molecule has 2 aromatic rings. The largest absolute Gasteiger partial charge is 0.497 e. The maximum absolute atomic E-state index is 5.46. The second-order valence-electron chi connectivity index (χ2n) is 4.42. The quantitative estimate of drug-likeness (QED) is 0.653. The van der Waals surface area contributed by atoms with E-state index in [1.165, 1.54) is 11.1 Å². The minimum absolute atomic E-state index is 0.0463. The van der Waals surface area contributed by atoms with Gasteiger partial charge in [0.2, 0.25) is 0 Å². The Morgan fingerprint density at radius 3 is 2.40 bits per heavy atom. The van der Waals surface area contributed by atoms with E-state index in [1.54, 1.807) is 14.2 Å². The van der Waals surface area contributed by atoms with Gasteiger partial charge in [-0.1, -0.05) is 44.0 Å². The molecule has 0 N–H and O–H groups in total. The van der Waals surface area contributed by atoms with Crippen LogP contribution in [0.3, 0.4) is 0 Å². The number of alkyl halides is 1. The van der Waals surface area contributed by atoms with Gasteiger partial charge in [0, 0.05) is 10.0 Å². The molecule has 4 heteroatoms. The third kappa shape index (κ3) is 3.01. The highest BCUT2D eigenvalue weighted by Gasteiger charge is 2.18. The Morgan fingerprint density at radius 2 is 1.75 bits per heavy atom. The Bertz CT molecular complexity index is 611. The molecular weight excluding hydrogens is 384 g/mol. The number of ether oxygens (including phenoxy) is 2. The molecule has 2 nitrogen and oxygen atoms in total. The van der Waals surface area contributed by atoms with E-state index < -0.39 is 0 Å². The molecule has 0 aliphatic heterocycles. The molecule has 0 saturated heterocycles. The van der Waals surface area contributed by atoms with Crippen LogP contribution >= 0.6 is 31.9 Å². The smallest absolute Gasteiger partial charge is 0.123 e. The van der Waals surface area contributed by atoms with Crippen LogP contribution in [-0.2, 0) is 0 Å². The van der Waals surface area contributed by atoms with Gasteiger partial charge in [-0.2, -0.15) is 0 Å². The van der Waals surface area contributed by atoms with E-state index >= 15 is 0 Å². The first-order valence-corrected chi connectivity index (χ1v) is 7.90. The third-order valence-electron chi connectivity index (χ3n) is 3.29. The molecule has 0 fully saturated rings. The molecule has 0 aliphatic carbocycles. The zero-order valence-electron chi connectivity index (χ0n) is 11.6.